The zero-order chi connectivity index (χ0) is 11.1. The van der Waals surface area contributed by atoms with E-state index in [4.69, 9.17) is 0 Å². The lowest BCUT2D eigenvalue weighted by atomic mass is 10.1. The van der Waals surface area contributed by atoms with Gasteiger partial charge in [0.15, 0.2) is 15.6 Å². The van der Waals surface area contributed by atoms with Crippen LogP contribution in [0.15, 0.2) is 29.2 Å². The van der Waals surface area contributed by atoms with Crippen molar-refractivity contribution in [1.82, 2.24) is 0 Å². The summed E-state index contributed by atoms with van der Waals surface area (Å²) in [5, 5.41) is 0. The lowest BCUT2D eigenvalue weighted by Crippen LogP contribution is -2.09. The van der Waals surface area contributed by atoms with Gasteiger partial charge in [-0.1, -0.05) is 18.2 Å². The molecule has 2 rings (SSSR count). The van der Waals surface area contributed by atoms with Crippen molar-refractivity contribution >= 4 is 15.6 Å². The summed E-state index contributed by atoms with van der Waals surface area (Å²) in [4.78, 5) is 12.0. The van der Waals surface area contributed by atoms with E-state index in [0.29, 0.717) is 5.56 Å². The van der Waals surface area contributed by atoms with Crippen molar-refractivity contribution in [2.45, 2.75) is 17.7 Å². The van der Waals surface area contributed by atoms with Crippen molar-refractivity contribution in [2.24, 2.45) is 5.92 Å². The molecule has 3 nitrogen and oxygen atoms in total. The molecule has 0 saturated heterocycles. The van der Waals surface area contributed by atoms with E-state index in [2.05, 4.69) is 0 Å². The molecule has 1 aliphatic carbocycles. The Morgan fingerprint density at radius 2 is 1.87 bits per heavy atom. The van der Waals surface area contributed by atoms with Gasteiger partial charge in [-0.25, -0.2) is 8.42 Å². The second kappa shape index (κ2) is 3.45. The highest BCUT2D eigenvalue weighted by Crippen LogP contribution is 2.34. The fourth-order valence-electron chi connectivity index (χ4n) is 1.56. The minimum absolute atomic E-state index is 0.0315. The number of Topliss-reactive ketones (excluding diaryl/α,β-unsaturated/α-hetero) is 1. The van der Waals surface area contributed by atoms with Gasteiger partial charge in [0.1, 0.15) is 0 Å². The zero-order valence-corrected chi connectivity index (χ0v) is 9.25. The smallest absolute Gasteiger partial charge is 0.176 e. The van der Waals surface area contributed by atoms with E-state index in [1.165, 1.54) is 6.07 Å². The van der Waals surface area contributed by atoms with Gasteiger partial charge < -0.3 is 0 Å². The first-order chi connectivity index (χ1) is 7.00. The minimum Gasteiger partial charge on any atom is -0.294 e. The van der Waals surface area contributed by atoms with Gasteiger partial charge in [-0.05, 0) is 18.9 Å². The summed E-state index contributed by atoms with van der Waals surface area (Å²) in [6, 6.07) is 6.42. The number of carbonyl (C=O) groups is 1. The van der Waals surface area contributed by atoms with Gasteiger partial charge in [-0.15, -0.1) is 0 Å². The summed E-state index contributed by atoms with van der Waals surface area (Å²) >= 11 is 0. The first-order valence-corrected chi connectivity index (χ1v) is 6.72. The summed E-state index contributed by atoms with van der Waals surface area (Å²) < 4.78 is 22.9. The quantitative estimate of drug-likeness (QED) is 0.734. The number of rotatable bonds is 3. The van der Waals surface area contributed by atoms with Gasteiger partial charge in [-0.2, -0.15) is 0 Å². The number of hydrogen-bond acceptors (Lipinski definition) is 3. The lowest BCUT2D eigenvalue weighted by molar-refractivity contribution is 0.0964. The van der Waals surface area contributed by atoms with Crippen LogP contribution in [0.2, 0.25) is 0 Å². The highest BCUT2D eigenvalue weighted by Gasteiger charge is 2.32. The normalized spacial score (nSPS) is 16.3. The molecule has 0 radical (unpaired) electrons. The molecule has 4 heteroatoms. The number of carbonyl (C=O) groups excluding carboxylic acids is 1. The Labute approximate surface area is 89.0 Å². The number of ketones is 1. The fraction of sp³-hybridized carbons (Fsp3) is 0.364. The van der Waals surface area contributed by atoms with E-state index in [-0.39, 0.29) is 16.6 Å². The Hall–Kier alpha value is -1.16. The van der Waals surface area contributed by atoms with E-state index in [1.807, 2.05) is 0 Å². The second-order valence-electron chi connectivity index (χ2n) is 3.91. The van der Waals surface area contributed by atoms with Crippen molar-refractivity contribution in [1.29, 1.82) is 0 Å². The molecule has 1 fully saturated rings. The molecule has 1 aromatic rings. The van der Waals surface area contributed by atoms with Gasteiger partial charge in [0.25, 0.3) is 0 Å². The summed E-state index contributed by atoms with van der Waals surface area (Å²) in [6.45, 7) is 0. The van der Waals surface area contributed by atoms with Crippen LogP contribution < -0.4 is 0 Å². The molecule has 0 atom stereocenters. The minimum atomic E-state index is -3.31. The highest BCUT2D eigenvalue weighted by atomic mass is 32.2. The lowest BCUT2D eigenvalue weighted by Gasteiger charge is -2.05. The first kappa shape index (κ1) is 10.4. The third kappa shape index (κ3) is 2.09. The third-order valence-electron chi connectivity index (χ3n) is 2.50. The average molecular weight is 224 g/mol. The van der Waals surface area contributed by atoms with E-state index in [9.17, 15) is 13.2 Å². The van der Waals surface area contributed by atoms with Crippen molar-refractivity contribution < 1.29 is 13.2 Å². The maximum Gasteiger partial charge on any atom is 0.176 e. The van der Waals surface area contributed by atoms with Crippen molar-refractivity contribution in [3.8, 4) is 0 Å². The summed E-state index contributed by atoms with van der Waals surface area (Å²) in [7, 11) is -3.31. The Kier molecular flexibility index (Phi) is 2.38. The second-order valence-corrected chi connectivity index (χ2v) is 5.89. The number of benzene rings is 1. The van der Waals surface area contributed by atoms with Crippen molar-refractivity contribution in [3.63, 3.8) is 0 Å². The molecular formula is C11H12O3S. The van der Waals surface area contributed by atoms with Crippen LogP contribution in [0, 0.1) is 5.92 Å². The predicted octanol–water partition coefficient (Wildman–Crippen LogP) is 1.68. The number of hydrogen-bond donors (Lipinski definition) is 0. The van der Waals surface area contributed by atoms with E-state index in [1.54, 1.807) is 18.2 Å². The van der Waals surface area contributed by atoms with Gasteiger partial charge in [0.05, 0.1) is 4.90 Å². The molecule has 15 heavy (non-hydrogen) atoms. The molecule has 0 N–H and O–H groups in total. The molecule has 1 saturated carbocycles. The van der Waals surface area contributed by atoms with E-state index in [0.717, 1.165) is 19.1 Å². The van der Waals surface area contributed by atoms with Gasteiger partial charge in [0, 0.05) is 17.7 Å². The van der Waals surface area contributed by atoms with Crippen LogP contribution in [0.4, 0.5) is 0 Å². The van der Waals surface area contributed by atoms with E-state index < -0.39 is 9.84 Å². The topological polar surface area (TPSA) is 51.2 Å². The van der Waals surface area contributed by atoms with Crippen molar-refractivity contribution in [2.75, 3.05) is 6.26 Å². The van der Waals surface area contributed by atoms with Crippen molar-refractivity contribution in [3.05, 3.63) is 29.8 Å². The molecule has 0 spiro atoms. The van der Waals surface area contributed by atoms with Gasteiger partial charge in [-0.3, -0.25) is 4.79 Å². The SMILES string of the molecule is CS(=O)(=O)c1ccccc1C(=O)C1CC1. The zero-order valence-electron chi connectivity index (χ0n) is 8.43. The molecule has 0 aromatic heterocycles. The largest absolute Gasteiger partial charge is 0.294 e. The van der Waals surface area contributed by atoms with Crippen LogP contribution >= 0.6 is 0 Å². The molecule has 0 amide bonds. The maximum atomic E-state index is 11.8. The molecule has 0 heterocycles. The molecule has 1 aliphatic rings. The molecule has 0 unspecified atom stereocenters. The van der Waals surface area contributed by atoms with Crippen LogP contribution in [0.3, 0.4) is 0 Å². The molecule has 80 valence electrons. The molecule has 1 aromatic carbocycles. The molecule has 0 aliphatic heterocycles. The molecule has 0 bridgehead atoms. The Morgan fingerprint density at radius 3 is 2.40 bits per heavy atom. The Bertz CT molecular complexity index is 498. The summed E-state index contributed by atoms with van der Waals surface area (Å²) in [5.74, 6) is 0.0175. The predicted molar refractivity (Wildman–Crippen MR) is 56.6 cm³/mol. The fourth-order valence-corrected chi connectivity index (χ4v) is 2.45. The van der Waals surface area contributed by atoms with Crippen LogP contribution in [0.1, 0.15) is 23.2 Å². The van der Waals surface area contributed by atoms with Gasteiger partial charge in [0.2, 0.25) is 0 Å². The van der Waals surface area contributed by atoms with Crippen LogP contribution in [-0.4, -0.2) is 20.5 Å². The third-order valence-corrected chi connectivity index (χ3v) is 3.66. The summed E-state index contributed by atoms with van der Waals surface area (Å²) in [6.07, 6.45) is 2.90. The standard InChI is InChI=1S/C11H12O3S/c1-15(13,14)10-5-3-2-4-9(10)11(12)8-6-7-8/h2-5,8H,6-7H2,1H3. The highest BCUT2D eigenvalue weighted by molar-refractivity contribution is 7.90. The monoisotopic (exact) mass is 224 g/mol. The Balaban J connectivity index is 2.51. The maximum absolute atomic E-state index is 11.8. The van der Waals surface area contributed by atoms with Crippen LogP contribution in [-0.2, 0) is 9.84 Å². The Morgan fingerprint density at radius 1 is 1.27 bits per heavy atom. The average Bonchev–Trinajstić information content (AvgIpc) is 2.98. The number of sulfone groups is 1. The van der Waals surface area contributed by atoms with E-state index >= 15 is 0 Å². The van der Waals surface area contributed by atoms with Crippen LogP contribution in [0.5, 0.6) is 0 Å². The van der Waals surface area contributed by atoms with Gasteiger partial charge >= 0.3 is 0 Å². The molecular weight excluding hydrogens is 212 g/mol. The summed E-state index contributed by atoms with van der Waals surface area (Å²) in [5.41, 5.74) is 0.350. The first-order valence-electron chi connectivity index (χ1n) is 4.83. The van der Waals surface area contributed by atoms with Crippen LogP contribution in [0.25, 0.3) is 0 Å².